The molecule has 0 aromatic rings. The van der Waals surface area contributed by atoms with Crippen molar-refractivity contribution < 1.29 is 9.53 Å². The summed E-state index contributed by atoms with van der Waals surface area (Å²) in [5.74, 6) is 0.110. The molecule has 17 heavy (non-hydrogen) atoms. The Bertz CT molecular complexity index is 276. The monoisotopic (exact) mass is 240 g/mol. The van der Waals surface area contributed by atoms with E-state index in [0.717, 1.165) is 25.7 Å². The first kappa shape index (κ1) is 12.8. The lowest BCUT2D eigenvalue weighted by Gasteiger charge is -2.41. The zero-order valence-corrected chi connectivity index (χ0v) is 10.8. The molecule has 2 rings (SSSR count). The van der Waals surface area contributed by atoms with Gasteiger partial charge >= 0.3 is 0 Å². The Hall–Kier alpha value is -0.610. The lowest BCUT2D eigenvalue weighted by atomic mass is 9.77. The summed E-state index contributed by atoms with van der Waals surface area (Å²) in [6.07, 6.45) is 8.07. The smallest absolute Gasteiger partial charge is 0.223 e. The molecule has 2 saturated carbocycles. The molecule has 0 heterocycles. The molecule has 3 N–H and O–H groups in total. The minimum Gasteiger partial charge on any atom is -0.378 e. The molecular formula is C13H24N2O2. The number of methoxy groups -OCH3 is 1. The summed E-state index contributed by atoms with van der Waals surface area (Å²) in [7, 11) is 1.71. The molecule has 0 aromatic heterocycles. The van der Waals surface area contributed by atoms with E-state index in [4.69, 9.17) is 10.5 Å². The van der Waals surface area contributed by atoms with Crippen molar-refractivity contribution in [2.24, 2.45) is 5.73 Å². The van der Waals surface area contributed by atoms with Crippen LogP contribution in [0.5, 0.6) is 0 Å². The van der Waals surface area contributed by atoms with Gasteiger partial charge in [0.25, 0.3) is 0 Å². The molecule has 0 aromatic carbocycles. The van der Waals surface area contributed by atoms with E-state index in [9.17, 15) is 4.79 Å². The van der Waals surface area contributed by atoms with Crippen LogP contribution in [0.3, 0.4) is 0 Å². The molecule has 98 valence electrons. The van der Waals surface area contributed by atoms with E-state index in [-0.39, 0.29) is 17.0 Å². The van der Waals surface area contributed by atoms with Crippen LogP contribution in [-0.2, 0) is 9.53 Å². The second kappa shape index (κ2) is 4.94. The molecule has 0 bridgehead atoms. The number of rotatable bonds is 5. The van der Waals surface area contributed by atoms with Crippen LogP contribution in [0, 0.1) is 0 Å². The Labute approximate surface area is 103 Å². The molecule has 4 heteroatoms. The van der Waals surface area contributed by atoms with Gasteiger partial charge in [0.1, 0.15) is 0 Å². The van der Waals surface area contributed by atoms with Gasteiger partial charge in [0.05, 0.1) is 17.6 Å². The van der Waals surface area contributed by atoms with Crippen LogP contribution in [-0.4, -0.2) is 30.7 Å². The zero-order chi connectivity index (χ0) is 12.4. The minimum atomic E-state index is -0.182. The number of carbonyl (C=O) groups is 1. The van der Waals surface area contributed by atoms with Crippen molar-refractivity contribution in [2.45, 2.75) is 62.5 Å². The van der Waals surface area contributed by atoms with E-state index in [1.54, 1.807) is 7.11 Å². The fourth-order valence-electron chi connectivity index (χ4n) is 3.09. The average Bonchev–Trinajstić information content (AvgIpc) is 2.73. The maximum Gasteiger partial charge on any atom is 0.223 e. The van der Waals surface area contributed by atoms with E-state index in [0.29, 0.717) is 13.0 Å². The van der Waals surface area contributed by atoms with Gasteiger partial charge in [-0.25, -0.2) is 0 Å². The van der Waals surface area contributed by atoms with Crippen LogP contribution in [0.4, 0.5) is 0 Å². The van der Waals surface area contributed by atoms with Crippen LogP contribution < -0.4 is 11.1 Å². The SMILES string of the molecule is COC1(CC(=O)NC2(CN)CCCC2)CCC1. The number of ether oxygens (including phenoxy) is 1. The molecular weight excluding hydrogens is 216 g/mol. The Morgan fingerprint density at radius 1 is 1.24 bits per heavy atom. The molecule has 2 fully saturated rings. The van der Waals surface area contributed by atoms with Gasteiger partial charge in [-0.15, -0.1) is 0 Å². The molecule has 0 radical (unpaired) electrons. The molecule has 1 amide bonds. The Kier molecular flexibility index (Phi) is 3.73. The Morgan fingerprint density at radius 3 is 2.29 bits per heavy atom. The van der Waals surface area contributed by atoms with Gasteiger partial charge < -0.3 is 15.8 Å². The van der Waals surface area contributed by atoms with Crippen molar-refractivity contribution in [3.05, 3.63) is 0 Å². The highest BCUT2D eigenvalue weighted by Gasteiger charge is 2.41. The van der Waals surface area contributed by atoms with Crippen molar-refractivity contribution in [3.8, 4) is 0 Å². The third-order valence-electron chi connectivity index (χ3n) is 4.54. The molecule has 0 atom stereocenters. The topological polar surface area (TPSA) is 64.3 Å². The highest BCUT2D eigenvalue weighted by Crippen LogP contribution is 2.38. The van der Waals surface area contributed by atoms with Gasteiger partial charge in [-0.3, -0.25) is 4.79 Å². The quantitative estimate of drug-likeness (QED) is 0.762. The standard InChI is InChI=1S/C13H24N2O2/c1-17-13(7-4-8-13)9-11(16)15-12(10-14)5-2-3-6-12/h2-10,14H2,1H3,(H,15,16). The number of nitrogens with two attached hydrogens (primary N) is 1. The van der Waals surface area contributed by atoms with Crippen LogP contribution in [0.15, 0.2) is 0 Å². The molecule has 4 nitrogen and oxygen atoms in total. The van der Waals surface area contributed by atoms with Gasteiger partial charge in [-0.2, -0.15) is 0 Å². The third-order valence-corrected chi connectivity index (χ3v) is 4.54. The first-order valence-electron chi connectivity index (χ1n) is 6.70. The molecule has 0 saturated heterocycles. The summed E-state index contributed by atoms with van der Waals surface area (Å²) in [6.45, 7) is 0.554. The second-order valence-electron chi connectivity index (χ2n) is 5.66. The number of amides is 1. The lowest BCUT2D eigenvalue weighted by molar-refractivity contribution is -0.136. The molecule has 0 spiro atoms. The maximum atomic E-state index is 12.1. The van der Waals surface area contributed by atoms with Crippen molar-refractivity contribution >= 4 is 5.91 Å². The Balaban J connectivity index is 1.88. The summed E-state index contributed by atoms with van der Waals surface area (Å²) in [5, 5.41) is 3.16. The van der Waals surface area contributed by atoms with Crippen molar-refractivity contribution in [2.75, 3.05) is 13.7 Å². The van der Waals surface area contributed by atoms with Crippen LogP contribution in [0.2, 0.25) is 0 Å². The maximum absolute atomic E-state index is 12.1. The van der Waals surface area contributed by atoms with Crippen LogP contribution in [0.25, 0.3) is 0 Å². The van der Waals surface area contributed by atoms with Gasteiger partial charge in [0.2, 0.25) is 5.91 Å². The van der Waals surface area contributed by atoms with Gasteiger partial charge in [-0.1, -0.05) is 12.8 Å². The van der Waals surface area contributed by atoms with Gasteiger partial charge in [0, 0.05) is 13.7 Å². The second-order valence-corrected chi connectivity index (χ2v) is 5.66. The first-order chi connectivity index (χ1) is 8.14. The fourth-order valence-corrected chi connectivity index (χ4v) is 3.09. The van der Waals surface area contributed by atoms with Crippen LogP contribution >= 0.6 is 0 Å². The minimum absolute atomic E-state index is 0.110. The third kappa shape index (κ3) is 2.63. The van der Waals surface area contributed by atoms with Crippen molar-refractivity contribution in [3.63, 3.8) is 0 Å². The molecule has 2 aliphatic carbocycles. The number of nitrogens with one attached hydrogen (secondary N) is 1. The summed E-state index contributed by atoms with van der Waals surface area (Å²) in [4.78, 5) is 12.1. The normalized spacial score (nSPS) is 25.3. The van der Waals surface area contributed by atoms with E-state index in [1.807, 2.05) is 0 Å². The lowest BCUT2D eigenvalue weighted by Crippen LogP contribution is -2.54. The number of carbonyl (C=O) groups excluding carboxylic acids is 1. The van der Waals surface area contributed by atoms with E-state index in [2.05, 4.69) is 5.32 Å². The van der Waals surface area contributed by atoms with Crippen molar-refractivity contribution in [1.29, 1.82) is 0 Å². The van der Waals surface area contributed by atoms with Crippen molar-refractivity contribution in [1.82, 2.24) is 5.32 Å². The molecule has 2 aliphatic rings. The number of hydrogen-bond donors (Lipinski definition) is 2. The van der Waals surface area contributed by atoms with Gasteiger partial charge in [0.15, 0.2) is 0 Å². The highest BCUT2D eigenvalue weighted by atomic mass is 16.5. The first-order valence-corrected chi connectivity index (χ1v) is 6.70. The van der Waals surface area contributed by atoms with Gasteiger partial charge in [-0.05, 0) is 32.1 Å². The summed E-state index contributed by atoms with van der Waals surface area (Å²) >= 11 is 0. The molecule has 0 aliphatic heterocycles. The summed E-state index contributed by atoms with van der Waals surface area (Å²) in [5.41, 5.74) is 5.50. The average molecular weight is 240 g/mol. The van der Waals surface area contributed by atoms with E-state index >= 15 is 0 Å². The molecule has 0 unspecified atom stereocenters. The number of hydrogen-bond acceptors (Lipinski definition) is 3. The predicted molar refractivity (Wildman–Crippen MR) is 66.6 cm³/mol. The van der Waals surface area contributed by atoms with E-state index in [1.165, 1.54) is 19.3 Å². The van der Waals surface area contributed by atoms with E-state index < -0.39 is 0 Å². The summed E-state index contributed by atoms with van der Waals surface area (Å²) < 4.78 is 5.48. The fraction of sp³-hybridized carbons (Fsp3) is 0.923. The largest absolute Gasteiger partial charge is 0.378 e. The summed E-state index contributed by atoms with van der Waals surface area (Å²) in [6, 6.07) is 0. The van der Waals surface area contributed by atoms with Crippen LogP contribution in [0.1, 0.15) is 51.4 Å². The highest BCUT2D eigenvalue weighted by molar-refractivity contribution is 5.78. The zero-order valence-electron chi connectivity index (χ0n) is 10.8. The predicted octanol–water partition coefficient (Wildman–Crippen LogP) is 1.33. The Morgan fingerprint density at radius 2 is 1.88 bits per heavy atom.